The molecule has 802 valence electrons. The van der Waals surface area contributed by atoms with Gasteiger partial charge < -0.3 is 59.3 Å². The number of halogens is 13. The third-order valence-corrected chi connectivity index (χ3v) is 31.4. The van der Waals surface area contributed by atoms with Crippen molar-refractivity contribution < 1.29 is 96.4 Å². The lowest BCUT2D eigenvalue weighted by molar-refractivity contribution is -0.0870. The lowest BCUT2D eigenvalue weighted by Gasteiger charge is -2.43. The Balaban J connectivity index is 0.000000141. The van der Waals surface area contributed by atoms with Crippen LogP contribution in [0.1, 0.15) is 194 Å². The molecule has 0 saturated carbocycles. The second-order valence-corrected chi connectivity index (χ2v) is 42.6. The van der Waals surface area contributed by atoms with Gasteiger partial charge in [-0.1, -0.05) is 128 Å². The fourth-order valence-corrected chi connectivity index (χ4v) is 22.9. The minimum Gasteiger partial charge on any atom is -0.492 e. The minimum atomic E-state index is -3.49. The van der Waals surface area contributed by atoms with Gasteiger partial charge in [-0.2, -0.15) is 0 Å². The molecule has 10 atom stereocenters. The first-order valence-electron chi connectivity index (χ1n) is 52.0. The number of aliphatic hydroxyl groups is 4. The summed E-state index contributed by atoms with van der Waals surface area (Å²) in [6.07, 6.45) is 6.79. The largest absolute Gasteiger partial charge is 0.492 e. The van der Waals surface area contributed by atoms with Crippen LogP contribution < -0.4 is 18.9 Å². The van der Waals surface area contributed by atoms with Gasteiger partial charge in [-0.05, 0) is 162 Å². The number of hydrogen-bond donors (Lipinski definition) is 8. The zero-order valence-corrected chi connectivity index (χ0v) is 85.4. The maximum Gasteiger partial charge on any atom is 0.283 e. The van der Waals surface area contributed by atoms with E-state index in [-0.39, 0.29) is 74.3 Å². The molecule has 148 heavy (non-hydrogen) atoms. The number of aromatic nitrogens is 4. The van der Waals surface area contributed by atoms with Gasteiger partial charge in [0.2, 0.25) is 0 Å². The van der Waals surface area contributed by atoms with Crippen LogP contribution in [0, 0.1) is 64.4 Å². The number of rotatable bonds is 36. The van der Waals surface area contributed by atoms with E-state index in [1.54, 1.807) is 26.0 Å². The number of nitrogens with one attached hydrogen (secondary N) is 4. The van der Waals surface area contributed by atoms with Gasteiger partial charge in [0.15, 0.2) is 0 Å². The predicted molar refractivity (Wildman–Crippen MR) is 552 cm³/mol. The molecule has 12 aromatic rings. The first kappa shape index (κ1) is 110. The summed E-state index contributed by atoms with van der Waals surface area (Å²) in [4.78, 5) is 29.1. The summed E-state index contributed by atoms with van der Waals surface area (Å²) in [6.45, 7) is 26.3. The molecule has 0 spiro atoms. The van der Waals surface area contributed by atoms with E-state index in [4.69, 9.17) is 18.9 Å². The SMILES string of the molecule is C.CCC1CN(CCOc2cc(F)c([C@@H]3c4[nH]c5ccc(F)cc5c4C[C@@H](C)N3CC(F)(F)CO)c(F)c2)C1.CCC1CN(CCOc2cc(F)c([C@@H]3c4[nH]c5ccccc5c4C[C@@H](C)N3CC(F)(F)CO)c(F)c2)C1.CCC1CN(CCOc2ccc([C@@H]3c4[nH]c5ccccc5c4C[C@@H](C)N3C[C@@](C)(F)CO)c(F)c2)C1.CCC1CN(CCOc2ccc([C@@H]3c4[nH]c5ccccc5c4C[C@@H](C)N3C[C@](C)(F)CO)c(F)c2)C1. The molecule has 20 rings (SSSR count). The number of benzene rings is 8. The summed E-state index contributed by atoms with van der Waals surface area (Å²) in [6, 6.07) is 37.7. The first-order valence-corrected chi connectivity index (χ1v) is 52.0. The molecule has 0 bridgehead atoms. The van der Waals surface area contributed by atoms with Crippen molar-refractivity contribution in [2.75, 3.05) is 158 Å². The summed E-state index contributed by atoms with van der Waals surface area (Å²) < 4.78 is 219. The molecule has 8 N–H and O–H groups in total. The van der Waals surface area contributed by atoms with Crippen LogP contribution in [-0.4, -0.2) is 284 Å². The fourth-order valence-electron chi connectivity index (χ4n) is 22.9. The zero-order valence-electron chi connectivity index (χ0n) is 85.4. The van der Waals surface area contributed by atoms with Crippen LogP contribution in [-0.2, 0) is 25.7 Å². The highest BCUT2D eigenvalue weighted by molar-refractivity contribution is 5.88. The third-order valence-electron chi connectivity index (χ3n) is 31.4. The lowest BCUT2D eigenvalue weighted by Crippen LogP contribution is -2.49. The molecule has 4 saturated heterocycles. The average Bonchev–Trinajstić information content (AvgIpc) is 1.57. The minimum absolute atomic E-state index is 0. The van der Waals surface area contributed by atoms with Crippen LogP contribution in [0.4, 0.5) is 57.1 Å². The number of likely N-dealkylation sites (tertiary alicyclic amines) is 4. The van der Waals surface area contributed by atoms with Crippen LogP contribution in [0.2, 0.25) is 0 Å². The molecular weight excluding hydrogens is 1920 g/mol. The molecule has 0 aliphatic carbocycles. The number of hydrogen-bond acceptors (Lipinski definition) is 16. The van der Waals surface area contributed by atoms with Gasteiger partial charge in [-0.3, -0.25) is 39.2 Å². The number of aliphatic hydroxyl groups excluding tert-OH is 4. The maximum atomic E-state index is 15.7. The van der Waals surface area contributed by atoms with Gasteiger partial charge in [0, 0.05) is 241 Å². The number of para-hydroxylation sites is 3. The molecule has 8 aromatic carbocycles. The van der Waals surface area contributed by atoms with Gasteiger partial charge in [0.05, 0.1) is 50.5 Å². The molecule has 0 amide bonds. The first-order chi connectivity index (χ1) is 70.4. The molecule has 4 fully saturated rings. The number of ether oxygens (including phenoxy) is 4. The highest BCUT2D eigenvalue weighted by atomic mass is 19.3. The van der Waals surface area contributed by atoms with E-state index in [1.165, 1.54) is 66.8 Å². The Labute approximate surface area is 858 Å². The van der Waals surface area contributed by atoms with E-state index in [0.29, 0.717) is 102 Å². The summed E-state index contributed by atoms with van der Waals surface area (Å²) in [5.41, 5.74) is 6.29. The van der Waals surface area contributed by atoms with Crippen molar-refractivity contribution in [3.8, 4) is 23.0 Å². The Hall–Kier alpha value is -10.3. The van der Waals surface area contributed by atoms with Gasteiger partial charge in [-0.15, -0.1) is 0 Å². The third kappa shape index (κ3) is 24.4. The molecule has 12 heterocycles. The Morgan fingerprint density at radius 2 is 0.588 bits per heavy atom. The highest BCUT2D eigenvalue weighted by Crippen LogP contribution is 2.50. The van der Waals surface area contributed by atoms with Gasteiger partial charge >= 0.3 is 0 Å². The van der Waals surface area contributed by atoms with E-state index in [9.17, 15) is 42.4 Å². The topological polar surface area (TPSA) is 207 Å². The molecule has 8 aliphatic heterocycles. The van der Waals surface area contributed by atoms with Crippen LogP contribution in [0.15, 0.2) is 152 Å². The maximum absolute atomic E-state index is 15.7. The number of H-pyrrole nitrogens is 4. The van der Waals surface area contributed by atoms with Gasteiger partial charge in [0.1, 0.15) is 115 Å². The molecule has 0 radical (unpaired) electrons. The monoisotopic (exact) mass is 2070 g/mol. The normalized spacial score (nSPS) is 21.8. The summed E-state index contributed by atoms with van der Waals surface area (Å²) in [5, 5.41) is 41.4. The van der Waals surface area contributed by atoms with Crippen molar-refractivity contribution in [2.45, 2.75) is 200 Å². The summed E-state index contributed by atoms with van der Waals surface area (Å²) in [5.74, 6) is -7.68. The lowest BCUT2D eigenvalue weighted by atomic mass is 9.87. The second-order valence-electron chi connectivity index (χ2n) is 42.6. The van der Waals surface area contributed by atoms with Crippen molar-refractivity contribution in [2.24, 2.45) is 23.7 Å². The summed E-state index contributed by atoms with van der Waals surface area (Å²) >= 11 is 0. The van der Waals surface area contributed by atoms with Crippen molar-refractivity contribution in [3.05, 3.63) is 260 Å². The van der Waals surface area contributed by atoms with Crippen LogP contribution in [0.25, 0.3) is 43.6 Å². The van der Waals surface area contributed by atoms with Crippen LogP contribution in [0.3, 0.4) is 0 Å². The van der Waals surface area contributed by atoms with E-state index in [0.717, 1.165) is 188 Å². The predicted octanol–water partition coefficient (Wildman–Crippen LogP) is 21.2. The van der Waals surface area contributed by atoms with E-state index in [1.807, 2.05) is 96.4 Å². The molecule has 20 nitrogen and oxygen atoms in total. The number of nitrogens with zero attached hydrogens (tertiary/aromatic N) is 8. The van der Waals surface area contributed by atoms with Crippen LogP contribution >= 0.6 is 0 Å². The quantitative estimate of drug-likeness (QED) is 0.0172. The molecule has 33 heteroatoms. The van der Waals surface area contributed by atoms with E-state index in [2.05, 4.69) is 79.4 Å². The van der Waals surface area contributed by atoms with Crippen molar-refractivity contribution in [3.63, 3.8) is 0 Å². The Kier molecular flexibility index (Phi) is 35.0. The Morgan fingerprint density at radius 3 is 0.878 bits per heavy atom. The van der Waals surface area contributed by atoms with Crippen molar-refractivity contribution in [1.29, 1.82) is 0 Å². The van der Waals surface area contributed by atoms with Crippen molar-refractivity contribution >= 4 is 43.6 Å². The Morgan fingerprint density at radius 1 is 0.318 bits per heavy atom. The molecule has 0 unspecified atom stereocenters. The molecule has 4 aromatic heterocycles. The van der Waals surface area contributed by atoms with E-state index < -0.39 is 134 Å². The van der Waals surface area contributed by atoms with Gasteiger partial charge in [0.25, 0.3) is 11.8 Å². The Bertz CT molecular complexity index is 6280. The van der Waals surface area contributed by atoms with Gasteiger partial charge in [-0.25, -0.2) is 57.1 Å². The summed E-state index contributed by atoms with van der Waals surface area (Å²) in [7, 11) is 0. The standard InChI is InChI=1S/2C29H37F2N3O2.C28H32F5N3O2.C28H33F4N3O2.CH4/c2*1-4-20-15-33(16-20)11-12-36-21-9-10-23(25(30)14-21)28-27-24(22-7-5-6-8-26(22)32-27)13-19(2)34(28)17-29(3,31)18-35;1-3-17-12-35(13-17)6-7-38-19-10-22(30)25(23(31)11-19)27-26-21(20-9-18(29)4-5-24(20)34-26)8-16(2)36(27)14-28(32,33)15-37;1-3-18-13-34(14-18)8-9-37-19-11-22(29)25(23(30)12-19)27-26-21(20-6-4-5-7-24(20)33-26)10-17(2)35(27)15-28(31,32)16-36;/h2*5-10,14,19-20,28,32,35H,4,11-13,15-18H2,1-3H3;4-5,9-11,16-17,27,34,37H,3,6-8,12-15H2,1-2H3;4-7,11-12,17-18,27,33,36H,3,8-10,13-16H2,1-2H3;1H4/t19-,28-,29+;19-,28-,29-;16-,27-;17-,27-;/m1111./s1. The smallest absolute Gasteiger partial charge is 0.283 e. The molecular formula is C115H143F13N12O8. The van der Waals surface area contributed by atoms with Crippen molar-refractivity contribution in [1.82, 2.24) is 59.1 Å². The average molecular weight is 2070 g/mol. The molecule has 8 aliphatic rings. The van der Waals surface area contributed by atoms with E-state index >= 15 is 35.1 Å². The highest BCUT2D eigenvalue weighted by Gasteiger charge is 2.49. The van der Waals surface area contributed by atoms with Crippen LogP contribution in [0.5, 0.6) is 23.0 Å². The second kappa shape index (κ2) is 46.9. The number of alkyl halides is 6. The number of aromatic amines is 4. The number of fused-ring (bicyclic) bond motifs is 12. The zero-order chi connectivity index (χ0) is 104. The fraction of sp³-hybridized carbons (Fsp3) is 0.513.